The molecule has 2 heteroatoms. The summed E-state index contributed by atoms with van der Waals surface area (Å²) in [6, 6.07) is 19.3. The minimum atomic E-state index is -0.243. The van der Waals surface area contributed by atoms with Gasteiger partial charge in [-0.25, -0.2) is 4.79 Å². The standard InChI is InChI=1S/C21H26O2/c1-2-3-4-5-12-17-20(18-13-8-6-9-14-18)23-21(22)19-15-10-7-11-16-19/h6-11,13-16,20H,2-5,12,17H2,1H3. The van der Waals surface area contributed by atoms with Crippen LogP contribution in [0.3, 0.4) is 0 Å². The van der Waals surface area contributed by atoms with Crippen LogP contribution < -0.4 is 0 Å². The van der Waals surface area contributed by atoms with E-state index in [1.165, 1.54) is 25.7 Å². The van der Waals surface area contributed by atoms with Crippen LogP contribution in [-0.4, -0.2) is 5.97 Å². The first-order chi connectivity index (χ1) is 11.3. The Balaban J connectivity index is 1.97. The van der Waals surface area contributed by atoms with Crippen LogP contribution >= 0.6 is 0 Å². The summed E-state index contributed by atoms with van der Waals surface area (Å²) >= 11 is 0. The lowest BCUT2D eigenvalue weighted by Crippen LogP contribution is -2.12. The molecule has 1 unspecified atom stereocenters. The Labute approximate surface area is 139 Å². The topological polar surface area (TPSA) is 26.3 Å². The number of carbonyl (C=O) groups is 1. The fourth-order valence-corrected chi connectivity index (χ4v) is 2.67. The lowest BCUT2D eigenvalue weighted by Gasteiger charge is -2.18. The molecule has 122 valence electrons. The van der Waals surface area contributed by atoms with Crippen molar-refractivity contribution in [2.24, 2.45) is 0 Å². The number of hydrogen-bond donors (Lipinski definition) is 0. The van der Waals surface area contributed by atoms with Gasteiger partial charge in [-0.3, -0.25) is 0 Å². The third kappa shape index (κ3) is 5.90. The van der Waals surface area contributed by atoms with Gasteiger partial charge in [0.05, 0.1) is 5.56 Å². The summed E-state index contributed by atoms with van der Waals surface area (Å²) in [6.07, 6.45) is 6.77. The maximum Gasteiger partial charge on any atom is 0.338 e. The van der Waals surface area contributed by atoms with Gasteiger partial charge < -0.3 is 4.74 Å². The van der Waals surface area contributed by atoms with Crippen LogP contribution in [0.4, 0.5) is 0 Å². The van der Waals surface area contributed by atoms with Crippen LogP contribution in [0.1, 0.15) is 67.5 Å². The predicted octanol–water partition coefficient (Wildman–Crippen LogP) is 5.95. The van der Waals surface area contributed by atoms with Gasteiger partial charge in [0.2, 0.25) is 0 Å². The second-order valence-corrected chi connectivity index (χ2v) is 5.87. The van der Waals surface area contributed by atoms with Crippen molar-refractivity contribution >= 4 is 5.97 Å². The van der Waals surface area contributed by atoms with Gasteiger partial charge in [0.15, 0.2) is 0 Å². The van der Waals surface area contributed by atoms with E-state index >= 15 is 0 Å². The van der Waals surface area contributed by atoms with Crippen molar-refractivity contribution in [1.82, 2.24) is 0 Å². The first kappa shape index (κ1) is 17.3. The first-order valence-corrected chi connectivity index (χ1v) is 8.62. The zero-order valence-corrected chi connectivity index (χ0v) is 13.9. The highest BCUT2D eigenvalue weighted by molar-refractivity contribution is 5.89. The number of carbonyl (C=O) groups excluding carboxylic acids is 1. The van der Waals surface area contributed by atoms with E-state index in [1.54, 1.807) is 12.1 Å². The third-order valence-electron chi connectivity index (χ3n) is 4.00. The zero-order valence-electron chi connectivity index (χ0n) is 13.9. The van der Waals surface area contributed by atoms with Crippen LogP contribution in [0.5, 0.6) is 0 Å². The number of benzene rings is 2. The normalized spacial score (nSPS) is 11.9. The van der Waals surface area contributed by atoms with Crippen molar-refractivity contribution < 1.29 is 9.53 Å². The molecule has 2 aromatic rings. The molecule has 23 heavy (non-hydrogen) atoms. The monoisotopic (exact) mass is 310 g/mol. The van der Waals surface area contributed by atoms with E-state index in [1.807, 2.05) is 48.5 Å². The molecule has 2 aromatic carbocycles. The summed E-state index contributed by atoms with van der Waals surface area (Å²) in [5, 5.41) is 0. The molecule has 0 saturated carbocycles. The fourth-order valence-electron chi connectivity index (χ4n) is 2.67. The van der Waals surface area contributed by atoms with Crippen molar-refractivity contribution in [2.75, 3.05) is 0 Å². The van der Waals surface area contributed by atoms with Crippen LogP contribution in [-0.2, 0) is 4.74 Å². The Hall–Kier alpha value is -2.09. The largest absolute Gasteiger partial charge is 0.454 e. The maximum atomic E-state index is 12.3. The van der Waals surface area contributed by atoms with Gasteiger partial charge in [0.25, 0.3) is 0 Å². The van der Waals surface area contributed by atoms with Crippen LogP contribution in [0, 0.1) is 0 Å². The van der Waals surface area contributed by atoms with E-state index in [-0.39, 0.29) is 12.1 Å². The average Bonchev–Trinajstić information content (AvgIpc) is 2.62. The van der Waals surface area contributed by atoms with E-state index in [0.717, 1.165) is 18.4 Å². The molecular weight excluding hydrogens is 284 g/mol. The van der Waals surface area contributed by atoms with Gasteiger partial charge in [-0.1, -0.05) is 81.1 Å². The molecule has 0 fully saturated rings. The van der Waals surface area contributed by atoms with E-state index in [0.29, 0.717) is 5.56 Å². The summed E-state index contributed by atoms with van der Waals surface area (Å²) in [5.41, 5.74) is 1.69. The number of rotatable bonds is 9. The Morgan fingerprint density at radius 1 is 0.870 bits per heavy atom. The molecule has 0 amide bonds. The summed E-state index contributed by atoms with van der Waals surface area (Å²) < 4.78 is 5.79. The van der Waals surface area contributed by atoms with Crippen LogP contribution in [0.2, 0.25) is 0 Å². The van der Waals surface area contributed by atoms with E-state index < -0.39 is 0 Å². The van der Waals surface area contributed by atoms with E-state index in [9.17, 15) is 4.79 Å². The Kier molecular flexibility index (Phi) is 7.38. The lowest BCUT2D eigenvalue weighted by atomic mass is 10.0. The van der Waals surface area contributed by atoms with Gasteiger partial charge >= 0.3 is 5.97 Å². The minimum Gasteiger partial charge on any atom is -0.454 e. The molecule has 2 rings (SSSR count). The zero-order chi connectivity index (χ0) is 16.3. The van der Waals surface area contributed by atoms with Crippen LogP contribution in [0.25, 0.3) is 0 Å². The van der Waals surface area contributed by atoms with Crippen LogP contribution in [0.15, 0.2) is 60.7 Å². The number of esters is 1. The summed E-state index contributed by atoms with van der Waals surface area (Å²) in [6.45, 7) is 2.22. The van der Waals surface area contributed by atoms with Crippen molar-refractivity contribution in [3.05, 3.63) is 71.8 Å². The number of unbranched alkanes of at least 4 members (excludes halogenated alkanes) is 4. The molecule has 0 N–H and O–H groups in total. The molecule has 0 aliphatic rings. The molecule has 0 spiro atoms. The third-order valence-corrected chi connectivity index (χ3v) is 4.00. The molecule has 0 aliphatic carbocycles. The Morgan fingerprint density at radius 2 is 1.48 bits per heavy atom. The summed E-state index contributed by atoms with van der Waals surface area (Å²) in [7, 11) is 0. The summed E-state index contributed by atoms with van der Waals surface area (Å²) in [5.74, 6) is -0.243. The number of ether oxygens (including phenoxy) is 1. The van der Waals surface area contributed by atoms with E-state index in [4.69, 9.17) is 4.74 Å². The van der Waals surface area contributed by atoms with Gasteiger partial charge in [-0.15, -0.1) is 0 Å². The van der Waals surface area contributed by atoms with Gasteiger partial charge in [0, 0.05) is 0 Å². The maximum absolute atomic E-state index is 12.3. The predicted molar refractivity (Wildman–Crippen MR) is 94.4 cm³/mol. The highest BCUT2D eigenvalue weighted by Gasteiger charge is 2.17. The minimum absolute atomic E-state index is 0.162. The molecule has 0 aromatic heterocycles. The van der Waals surface area contributed by atoms with E-state index in [2.05, 4.69) is 6.92 Å². The Morgan fingerprint density at radius 3 is 2.13 bits per heavy atom. The fraction of sp³-hybridized carbons (Fsp3) is 0.381. The molecule has 0 aliphatic heterocycles. The van der Waals surface area contributed by atoms with Crippen molar-refractivity contribution in [3.63, 3.8) is 0 Å². The molecule has 0 bridgehead atoms. The Bertz CT molecular complexity index is 563. The highest BCUT2D eigenvalue weighted by Crippen LogP contribution is 2.25. The molecule has 0 radical (unpaired) electrons. The summed E-state index contributed by atoms with van der Waals surface area (Å²) in [4.78, 5) is 12.3. The lowest BCUT2D eigenvalue weighted by molar-refractivity contribution is 0.0270. The smallest absolute Gasteiger partial charge is 0.338 e. The number of hydrogen-bond acceptors (Lipinski definition) is 2. The average molecular weight is 310 g/mol. The molecular formula is C21H26O2. The SMILES string of the molecule is CCCCCCCC(OC(=O)c1ccccc1)c1ccccc1. The highest BCUT2D eigenvalue weighted by atomic mass is 16.5. The second-order valence-electron chi connectivity index (χ2n) is 5.87. The second kappa shape index (κ2) is 9.83. The molecule has 0 heterocycles. The van der Waals surface area contributed by atoms with Gasteiger partial charge in [-0.2, -0.15) is 0 Å². The molecule has 2 nitrogen and oxygen atoms in total. The van der Waals surface area contributed by atoms with Crippen molar-refractivity contribution in [1.29, 1.82) is 0 Å². The van der Waals surface area contributed by atoms with Gasteiger partial charge in [0.1, 0.15) is 6.10 Å². The molecule has 1 atom stereocenters. The quantitative estimate of drug-likeness (QED) is 0.423. The van der Waals surface area contributed by atoms with Gasteiger partial charge in [-0.05, 0) is 30.5 Å². The van der Waals surface area contributed by atoms with Crippen molar-refractivity contribution in [3.8, 4) is 0 Å². The molecule has 0 saturated heterocycles. The van der Waals surface area contributed by atoms with Crippen molar-refractivity contribution in [2.45, 2.75) is 51.6 Å². The first-order valence-electron chi connectivity index (χ1n) is 8.62.